The number of amides is 1. The highest BCUT2D eigenvalue weighted by atomic mass is 19.1. The Hall–Kier alpha value is -1.90. The predicted molar refractivity (Wildman–Crippen MR) is 69.0 cm³/mol. The van der Waals surface area contributed by atoms with Crippen LogP contribution in [0.1, 0.15) is 22.3 Å². The van der Waals surface area contributed by atoms with E-state index < -0.39 is 11.7 Å². The Morgan fingerprint density at radius 1 is 1.37 bits per heavy atom. The Morgan fingerprint density at radius 3 is 2.68 bits per heavy atom. The van der Waals surface area contributed by atoms with Crippen LogP contribution in [0.2, 0.25) is 0 Å². The minimum atomic E-state index is -0.648. The first kappa shape index (κ1) is 15.2. The van der Waals surface area contributed by atoms with Crippen LogP contribution in [-0.4, -0.2) is 47.8 Å². The Balaban J connectivity index is 2.89. The molecule has 0 atom stereocenters. The average Bonchev–Trinajstić information content (AvgIpc) is 2.39. The van der Waals surface area contributed by atoms with Gasteiger partial charge in [0.1, 0.15) is 5.82 Å². The standard InChI is InChI=1S/C14H16FNO3/c1-16(7-9-18)14(19)12-6-5-11(10-13(12)15)4-2-3-8-17/h5-6,10,17-18H,3,7-9H2,1H3. The molecule has 102 valence electrons. The molecule has 0 aliphatic rings. The third kappa shape index (κ3) is 4.36. The van der Waals surface area contributed by atoms with Gasteiger partial charge in [0, 0.05) is 25.6 Å². The van der Waals surface area contributed by atoms with Crippen LogP contribution in [0.25, 0.3) is 0 Å². The maximum Gasteiger partial charge on any atom is 0.256 e. The molecule has 19 heavy (non-hydrogen) atoms. The normalized spacial score (nSPS) is 9.68. The Morgan fingerprint density at radius 2 is 2.11 bits per heavy atom. The van der Waals surface area contributed by atoms with Gasteiger partial charge in [-0.1, -0.05) is 11.8 Å². The largest absolute Gasteiger partial charge is 0.395 e. The minimum Gasteiger partial charge on any atom is -0.395 e. The van der Waals surface area contributed by atoms with Crippen molar-refractivity contribution in [3.8, 4) is 11.8 Å². The second kappa shape index (κ2) is 7.52. The Bertz CT molecular complexity index is 505. The van der Waals surface area contributed by atoms with Crippen LogP contribution in [0.3, 0.4) is 0 Å². The van der Waals surface area contributed by atoms with Crippen molar-refractivity contribution in [2.45, 2.75) is 6.42 Å². The van der Waals surface area contributed by atoms with E-state index in [2.05, 4.69) is 11.8 Å². The van der Waals surface area contributed by atoms with Crippen molar-refractivity contribution in [3.63, 3.8) is 0 Å². The number of likely N-dealkylation sites (N-methyl/N-ethyl adjacent to an activating group) is 1. The fraction of sp³-hybridized carbons (Fsp3) is 0.357. The zero-order valence-corrected chi connectivity index (χ0v) is 10.7. The molecule has 0 unspecified atom stereocenters. The molecule has 0 aliphatic heterocycles. The number of rotatable bonds is 4. The quantitative estimate of drug-likeness (QED) is 0.785. The third-order valence-electron chi connectivity index (χ3n) is 2.45. The highest BCUT2D eigenvalue weighted by molar-refractivity contribution is 5.94. The third-order valence-corrected chi connectivity index (χ3v) is 2.45. The molecule has 0 bridgehead atoms. The van der Waals surface area contributed by atoms with E-state index in [1.54, 1.807) is 6.07 Å². The lowest BCUT2D eigenvalue weighted by Gasteiger charge is -2.15. The van der Waals surface area contributed by atoms with E-state index in [0.717, 1.165) is 0 Å². The lowest BCUT2D eigenvalue weighted by Crippen LogP contribution is -2.30. The van der Waals surface area contributed by atoms with Gasteiger partial charge in [-0.25, -0.2) is 4.39 Å². The summed E-state index contributed by atoms with van der Waals surface area (Å²) in [5, 5.41) is 17.3. The molecule has 0 aliphatic carbocycles. The van der Waals surface area contributed by atoms with Gasteiger partial charge in [-0.05, 0) is 18.2 Å². The lowest BCUT2D eigenvalue weighted by atomic mass is 10.1. The van der Waals surface area contributed by atoms with Gasteiger partial charge in [0.15, 0.2) is 0 Å². The van der Waals surface area contributed by atoms with Crippen molar-refractivity contribution < 1.29 is 19.4 Å². The molecule has 0 heterocycles. The number of nitrogens with zero attached hydrogens (tertiary/aromatic N) is 1. The van der Waals surface area contributed by atoms with E-state index in [1.807, 2.05) is 0 Å². The SMILES string of the molecule is CN(CCO)C(=O)c1ccc(C#CCCO)cc1F. The van der Waals surface area contributed by atoms with Gasteiger partial charge >= 0.3 is 0 Å². The van der Waals surface area contributed by atoms with Crippen LogP contribution in [0.4, 0.5) is 4.39 Å². The van der Waals surface area contributed by atoms with Crippen molar-refractivity contribution in [1.29, 1.82) is 0 Å². The van der Waals surface area contributed by atoms with Gasteiger partial charge in [0.05, 0.1) is 18.8 Å². The highest BCUT2D eigenvalue weighted by Gasteiger charge is 2.15. The molecule has 4 nitrogen and oxygen atoms in total. The number of halogens is 1. The molecule has 0 aromatic heterocycles. The monoisotopic (exact) mass is 265 g/mol. The van der Waals surface area contributed by atoms with E-state index >= 15 is 0 Å². The zero-order chi connectivity index (χ0) is 14.3. The molecule has 0 saturated carbocycles. The first-order valence-corrected chi connectivity index (χ1v) is 5.85. The number of aliphatic hydroxyl groups is 2. The Kier molecular flexibility index (Phi) is 6.00. The molecule has 0 saturated heterocycles. The molecular weight excluding hydrogens is 249 g/mol. The molecule has 0 radical (unpaired) electrons. The van der Waals surface area contributed by atoms with E-state index in [4.69, 9.17) is 10.2 Å². The van der Waals surface area contributed by atoms with Crippen LogP contribution in [0.15, 0.2) is 18.2 Å². The zero-order valence-electron chi connectivity index (χ0n) is 10.7. The van der Waals surface area contributed by atoms with Crippen molar-refractivity contribution in [2.24, 2.45) is 0 Å². The summed E-state index contributed by atoms with van der Waals surface area (Å²) in [6.45, 7) is -0.0666. The molecule has 1 amide bonds. The molecule has 1 rings (SSSR count). The van der Waals surface area contributed by atoms with Gasteiger partial charge in [-0.3, -0.25) is 4.79 Å². The van der Waals surface area contributed by atoms with Gasteiger partial charge in [0.2, 0.25) is 0 Å². The predicted octanol–water partition coefficient (Wildman–Crippen LogP) is 0.624. The van der Waals surface area contributed by atoms with Crippen LogP contribution < -0.4 is 0 Å². The molecule has 0 fully saturated rings. The molecular formula is C14H16FNO3. The van der Waals surface area contributed by atoms with E-state index in [1.165, 1.54) is 24.1 Å². The van der Waals surface area contributed by atoms with Crippen LogP contribution in [0.5, 0.6) is 0 Å². The van der Waals surface area contributed by atoms with Gasteiger partial charge in [0.25, 0.3) is 5.91 Å². The molecule has 0 spiro atoms. The first-order chi connectivity index (χ1) is 9.10. The van der Waals surface area contributed by atoms with Crippen molar-refractivity contribution in [3.05, 3.63) is 35.1 Å². The minimum absolute atomic E-state index is 0.0436. The highest BCUT2D eigenvalue weighted by Crippen LogP contribution is 2.12. The van der Waals surface area contributed by atoms with Crippen molar-refractivity contribution in [1.82, 2.24) is 4.90 Å². The maximum absolute atomic E-state index is 13.8. The first-order valence-electron chi connectivity index (χ1n) is 5.85. The fourth-order valence-corrected chi connectivity index (χ4v) is 1.44. The summed E-state index contributed by atoms with van der Waals surface area (Å²) in [6, 6.07) is 4.10. The van der Waals surface area contributed by atoms with Crippen molar-refractivity contribution in [2.75, 3.05) is 26.8 Å². The maximum atomic E-state index is 13.8. The average molecular weight is 265 g/mol. The Labute approximate surface area is 111 Å². The van der Waals surface area contributed by atoms with Crippen LogP contribution >= 0.6 is 0 Å². The smallest absolute Gasteiger partial charge is 0.256 e. The van der Waals surface area contributed by atoms with Gasteiger partial charge in [-0.2, -0.15) is 0 Å². The summed E-state index contributed by atoms with van der Waals surface area (Å²) in [4.78, 5) is 13.1. The van der Waals surface area contributed by atoms with Gasteiger partial charge < -0.3 is 15.1 Å². The van der Waals surface area contributed by atoms with E-state index in [-0.39, 0.29) is 25.3 Å². The fourth-order valence-electron chi connectivity index (χ4n) is 1.44. The summed E-state index contributed by atoms with van der Waals surface area (Å²) in [6.07, 6.45) is 0.321. The van der Waals surface area contributed by atoms with Crippen LogP contribution in [0, 0.1) is 17.7 Å². The molecule has 2 N–H and O–H groups in total. The number of aliphatic hydroxyl groups excluding tert-OH is 2. The van der Waals surface area contributed by atoms with Crippen molar-refractivity contribution >= 4 is 5.91 Å². The molecule has 1 aromatic rings. The van der Waals surface area contributed by atoms with E-state index in [0.29, 0.717) is 12.0 Å². The second-order valence-electron chi connectivity index (χ2n) is 3.92. The number of hydrogen-bond acceptors (Lipinski definition) is 3. The number of carbonyl (C=O) groups excluding carboxylic acids is 1. The number of carbonyl (C=O) groups is 1. The number of hydrogen-bond donors (Lipinski definition) is 2. The topological polar surface area (TPSA) is 60.8 Å². The summed E-state index contributed by atoms with van der Waals surface area (Å²) in [5.74, 6) is 4.23. The lowest BCUT2D eigenvalue weighted by molar-refractivity contribution is 0.0762. The molecule has 5 heteroatoms. The van der Waals surface area contributed by atoms with E-state index in [9.17, 15) is 9.18 Å². The second-order valence-corrected chi connectivity index (χ2v) is 3.92. The summed E-state index contributed by atoms with van der Waals surface area (Å²) in [5.41, 5.74) is 0.399. The number of benzene rings is 1. The molecule has 1 aromatic carbocycles. The summed E-state index contributed by atoms with van der Waals surface area (Å²) < 4.78 is 13.8. The van der Waals surface area contributed by atoms with Gasteiger partial charge in [-0.15, -0.1) is 0 Å². The van der Waals surface area contributed by atoms with Crippen LogP contribution in [-0.2, 0) is 0 Å². The summed E-state index contributed by atoms with van der Waals surface area (Å²) >= 11 is 0. The summed E-state index contributed by atoms with van der Waals surface area (Å²) in [7, 11) is 1.49.